The maximum atomic E-state index is 12.8. The summed E-state index contributed by atoms with van der Waals surface area (Å²) in [6.45, 7) is 2.40. The molecule has 1 aromatic heterocycles. The van der Waals surface area contributed by atoms with E-state index in [0.717, 1.165) is 12.0 Å². The van der Waals surface area contributed by atoms with E-state index in [-0.39, 0.29) is 23.7 Å². The second kappa shape index (κ2) is 6.00. The Bertz CT molecular complexity index is 774. The lowest BCUT2D eigenvalue weighted by atomic mass is 10.1. The average molecular weight is 335 g/mol. The summed E-state index contributed by atoms with van der Waals surface area (Å²) in [5, 5.41) is 3.97. The number of halogens is 1. The summed E-state index contributed by atoms with van der Waals surface area (Å²) in [6.07, 6.45) is 1.48. The van der Waals surface area contributed by atoms with Gasteiger partial charge in [-0.2, -0.15) is 4.98 Å². The van der Waals surface area contributed by atoms with E-state index in [2.05, 4.69) is 10.1 Å². The monoisotopic (exact) mass is 334 g/mol. The van der Waals surface area contributed by atoms with Gasteiger partial charge in [0.15, 0.2) is 0 Å². The largest absolute Gasteiger partial charge is 0.363 e. The van der Waals surface area contributed by atoms with Crippen LogP contribution in [0.1, 0.15) is 51.3 Å². The number of aryl methyl sites for hydroxylation is 1. The van der Waals surface area contributed by atoms with Crippen molar-refractivity contribution in [3.8, 4) is 0 Å². The number of nitrogens with zero attached hydrogens (tertiary/aromatic N) is 3. The van der Waals surface area contributed by atoms with Gasteiger partial charge in [0.25, 0.3) is 17.6 Å². The number of benzene rings is 1. The van der Waals surface area contributed by atoms with E-state index < -0.39 is 5.91 Å². The van der Waals surface area contributed by atoms with Crippen LogP contribution in [0, 0.1) is 6.92 Å². The fourth-order valence-electron chi connectivity index (χ4n) is 2.70. The molecule has 1 aliphatic heterocycles. The van der Waals surface area contributed by atoms with Crippen molar-refractivity contribution in [2.24, 2.45) is 5.73 Å². The average Bonchev–Trinajstić information content (AvgIpc) is 3.17. The zero-order valence-electron chi connectivity index (χ0n) is 12.5. The van der Waals surface area contributed by atoms with Crippen molar-refractivity contribution in [2.75, 3.05) is 6.54 Å². The Morgan fingerprint density at radius 3 is 2.91 bits per heavy atom. The molecule has 23 heavy (non-hydrogen) atoms. The van der Waals surface area contributed by atoms with Crippen LogP contribution in [0.2, 0.25) is 5.02 Å². The highest BCUT2D eigenvalue weighted by molar-refractivity contribution is 6.34. The number of primary amides is 1. The van der Waals surface area contributed by atoms with E-state index >= 15 is 0 Å². The molecule has 0 spiro atoms. The molecule has 0 aliphatic carbocycles. The summed E-state index contributed by atoms with van der Waals surface area (Å²) < 4.78 is 5.09. The smallest absolute Gasteiger partial charge is 0.290 e. The van der Waals surface area contributed by atoms with Crippen LogP contribution in [0.15, 0.2) is 22.7 Å². The molecule has 3 rings (SSSR count). The number of hydrogen-bond donors (Lipinski definition) is 1. The van der Waals surface area contributed by atoms with Crippen LogP contribution < -0.4 is 5.73 Å². The second-order valence-corrected chi connectivity index (χ2v) is 5.79. The number of likely N-dealkylation sites (tertiary alicyclic amines) is 1. The van der Waals surface area contributed by atoms with Crippen LogP contribution >= 0.6 is 11.6 Å². The van der Waals surface area contributed by atoms with E-state index in [1.807, 2.05) is 13.0 Å². The van der Waals surface area contributed by atoms with E-state index in [4.69, 9.17) is 21.9 Å². The SMILES string of the molecule is Cc1cccc(C(=O)N2CCC[C@H]2c2nc(C(N)=O)no2)c1Cl. The number of carbonyl (C=O) groups excluding carboxylic acids is 2. The van der Waals surface area contributed by atoms with E-state index in [0.29, 0.717) is 23.6 Å². The van der Waals surface area contributed by atoms with Gasteiger partial charge in [-0.1, -0.05) is 28.9 Å². The van der Waals surface area contributed by atoms with Crippen LogP contribution in [0.4, 0.5) is 0 Å². The first-order valence-corrected chi connectivity index (χ1v) is 7.56. The minimum absolute atomic E-state index is 0.187. The Kier molecular flexibility index (Phi) is 4.04. The summed E-state index contributed by atoms with van der Waals surface area (Å²) in [7, 11) is 0. The fourth-order valence-corrected chi connectivity index (χ4v) is 2.91. The molecule has 1 atom stereocenters. The van der Waals surface area contributed by atoms with Crippen molar-refractivity contribution < 1.29 is 14.1 Å². The van der Waals surface area contributed by atoms with Crippen molar-refractivity contribution in [1.82, 2.24) is 15.0 Å². The summed E-state index contributed by atoms with van der Waals surface area (Å²) >= 11 is 6.25. The van der Waals surface area contributed by atoms with E-state index in [9.17, 15) is 9.59 Å². The lowest BCUT2D eigenvalue weighted by Gasteiger charge is -2.22. The summed E-state index contributed by atoms with van der Waals surface area (Å²) in [6, 6.07) is 4.95. The highest BCUT2D eigenvalue weighted by Crippen LogP contribution is 2.33. The van der Waals surface area contributed by atoms with Gasteiger partial charge in [-0.15, -0.1) is 0 Å². The topological polar surface area (TPSA) is 102 Å². The first-order chi connectivity index (χ1) is 11.0. The number of carbonyl (C=O) groups is 2. The normalized spacial score (nSPS) is 17.5. The molecule has 1 fully saturated rings. The van der Waals surface area contributed by atoms with E-state index in [1.54, 1.807) is 17.0 Å². The van der Waals surface area contributed by atoms with Crippen molar-refractivity contribution >= 4 is 23.4 Å². The van der Waals surface area contributed by atoms with Gasteiger partial charge in [-0.3, -0.25) is 9.59 Å². The molecule has 1 aromatic carbocycles. The number of aromatic nitrogens is 2. The lowest BCUT2D eigenvalue weighted by molar-refractivity contribution is 0.0710. The molecule has 120 valence electrons. The van der Waals surface area contributed by atoms with Crippen LogP contribution in [0.5, 0.6) is 0 Å². The Hall–Kier alpha value is -2.41. The molecule has 0 bridgehead atoms. The minimum atomic E-state index is -0.766. The maximum Gasteiger partial charge on any atom is 0.290 e. The highest BCUT2D eigenvalue weighted by Gasteiger charge is 2.35. The van der Waals surface area contributed by atoms with Crippen molar-refractivity contribution in [1.29, 1.82) is 0 Å². The van der Waals surface area contributed by atoms with Crippen molar-refractivity contribution in [2.45, 2.75) is 25.8 Å². The molecular formula is C15H15ClN4O3. The molecule has 2 aromatic rings. The van der Waals surface area contributed by atoms with Gasteiger partial charge in [0.05, 0.1) is 10.6 Å². The summed E-state index contributed by atoms with van der Waals surface area (Å²) in [5.41, 5.74) is 6.40. The van der Waals surface area contributed by atoms with Crippen LogP contribution in [0.3, 0.4) is 0 Å². The second-order valence-electron chi connectivity index (χ2n) is 5.41. The molecule has 2 amide bonds. The van der Waals surface area contributed by atoms with Gasteiger partial charge in [0, 0.05) is 6.54 Å². The third-order valence-corrected chi connectivity index (χ3v) is 4.38. The third kappa shape index (κ3) is 2.79. The molecule has 1 saturated heterocycles. The van der Waals surface area contributed by atoms with Crippen LogP contribution in [-0.4, -0.2) is 33.4 Å². The number of rotatable bonds is 3. The Balaban J connectivity index is 1.90. The van der Waals surface area contributed by atoms with Gasteiger partial charge >= 0.3 is 0 Å². The Labute approximate surface area is 137 Å². The first kappa shape index (κ1) is 15.5. The zero-order chi connectivity index (χ0) is 16.6. The number of hydrogen-bond acceptors (Lipinski definition) is 5. The standard InChI is InChI=1S/C15H15ClN4O3/c1-8-4-2-5-9(11(8)16)15(22)20-7-3-6-10(20)14-18-13(12(17)21)19-23-14/h2,4-5,10H,3,6-7H2,1H3,(H2,17,21)/t10-/m0/s1. The summed E-state index contributed by atoms with van der Waals surface area (Å²) in [5.74, 6) is -0.932. The van der Waals surface area contributed by atoms with Crippen LogP contribution in [0.25, 0.3) is 0 Å². The number of nitrogens with two attached hydrogens (primary N) is 1. The molecule has 0 saturated carbocycles. The van der Waals surface area contributed by atoms with Crippen LogP contribution in [-0.2, 0) is 0 Å². The molecule has 2 N–H and O–H groups in total. The Morgan fingerprint density at radius 2 is 2.22 bits per heavy atom. The lowest BCUT2D eigenvalue weighted by Crippen LogP contribution is -2.31. The van der Waals surface area contributed by atoms with Gasteiger partial charge in [0.1, 0.15) is 6.04 Å². The van der Waals surface area contributed by atoms with Gasteiger partial charge in [0.2, 0.25) is 5.89 Å². The zero-order valence-corrected chi connectivity index (χ0v) is 13.2. The molecule has 0 radical (unpaired) electrons. The highest BCUT2D eigenvalue weighted by atomic mass is 35.5. The fraction of sp³-hybridized carbons (Fsp3) is 0.333. The number of amides is 2. The van der Waals surface area contributed by atoms with Gasteiger partial charge < -0.3 is 15.2 Å². The predicted molar refractivity (Wildman–Crippen MR) is 82.0 cm³/mol. The summed E-state index contributed by atoms with van der Waals surface area (Å²) in [4.78, 5) is 29.5. The first-order valence-electron chi connectivity index (χ1n) is 7.18. The molecule has 8 heteroatoms. The maximum absolute atomic E-state index is 12.8. The van der Waals surface area contributed by atoms with E-state index in [1.165, 1.54) is 0 Å². The molecular weight excluding hydrogens is 320 g/mol. The minimum Gasteiger partial charge on any atom is -0.363 e. The quantitative estimate of drug-likeness (QED) is 0.926. The predicted octanol–water partition coefficient (Wildman–Crippen LogP) is 2.11. The van der Waals surface area contributed by atoms with Crippen molar-refractivity contribution in [3.63, 3.8) is 0 Å². The third-order valence-electron chi connectivity index (χ3n) is 3.88. The molecule has 2 heterocycles. The van der Waals surface area contributed by atoms with Crippen molar-refractivity contribution in [3.05, 3.63) is 46.1 Å². The Morgan fingerprint density at radius 1 is 1.43 bits per heavy atom. The van der Waals surface area contributed by atoms with Gasteiger partial charge in [-0.25, -0.2) is 0 Å². The molecule has 7 nitrogen and oxygen atoms in total. The molecule has 0 unspecified atom stereocenters. The van der Waals surface area contributed by atoms with Gasteiger partial charge in [-0.05, 0) is 31.4 Å². The molecule has 1 aliphatic rings.